The Morgan fingerprint density at radius 3 is 2.70 bits per heavy atom. The predicted molar refractivity (Wildman–Crippen MR) is 140 cm³/mol. The standard InChI is InChI=1S/C29H31N5O3/c1-18-27(36)34(24(16-33(18)2)19-7-4-3-5-8-19)17-25(35)31-22-11-10-20-14-29(15-21(20)13-22)23-9-6-12-30-26(23)32-28(29)37/h3-11,13,18,24,30H,12,14-17H2,1-2H3,(H,31,35)(H,32,37)/t18-,24-,29-/m1/s1. The summed E-state index contributed by atoms with van der Waals surface area (Å²) in [6.45, 7) is 3.22. The lowest BCUT2D eigenvalue weighted by Crippen LogP contribution is -2.57. The number of nitrogens with one attached hydrogen (secondary N) is 3. The summed E-state index contributed by atoms with van der Waals surface area (Å²) in [5.41, 5.74) is 4.28. The highest BCUT2D eigenvalue weighted by Crippen LogP contribution is 2.47. The van der Waals surface area contributed by atoms with E-state index >= 15 is 0 Å². The van der Waals surface area contributed by atoms with Crippen molar-refractivity contribution in [2.75, 3.05) is 32.0 Å². The van der Waals surface area contributed by atoms with Crippen molar-refractivity contribution in [1.29, 1.82) is 0 Å². The molecule has 0 radical (unpaired) electrons. The average molecular weight is 498 g/mol. The molecule has 0 aromatic heterocycles. The largest absolute Gasteiger partial charge is 0.368 e. The lowest BCUT2D eigenvalue weighted by molar-refractivity contribution is -0.147. The van der Waals surface area contributed by atoms with E-state index in [1.54, 1.807) is 4.90 Å². The summed E-state index contributed by atoms with van der Waals surface area (Å²) in [7, 11) is 1.94. The Kier molecular flexibility index (Phi) is 5.64. The molecule has 4 aliphatic rings. The van der Waals surface area contributed by atoms with Gasteiger partial charge in [-0.25, -0.2) is 0 Å². The van der Waals surface area contributed by atoms with Crippen molar-refractivity contribution in [2.45, 2.75) is 31.8 Å². The van der Waals surface area contributed by atoms with E-state index in [9.17, 15) is 14.4 Å². The lowest BCUT2D eigenvalue weighted by atomic mass is 9.78. The molecular weight excluding hydrogens is 466 g/mol. The third kappa shape index (κ3) is 3.92. The van der Waals surface area contributed by atoms with Crippen molar-refractivity contribution < 1.29 is 14.4 Å². The van der Waals surface area contributed by atoms with E-state index < -0.39 is 5.41 Å². The van der Waals surface area contributed by atoms with Crippen LogP contribution in [0, 0.1) is 5.41 Å². The minimum Gasteiger partial charge on any atom is -0.368 e. The zero-order valence-electron chi connectivity index (χ0n) is 21.1. The fourth-order valence-corrected chi connectivity index (χ4v) is 6.10. The monoisotopic (exact) mass is 497 g/mol. The van der Waals surface area contributed by atoms with E-state index in [2.05, 4.69) is 22.0 Å². The smallest absolute Gasteiger partial charge is 0.244 e. The number of nitrogens with zero attached hydrogens (tertiary/aromatic N) is 2. The van der Waals surface area contributed by atoms with Crippen LogP contribution in [0.15, 0.2) is 72.1 Å². The van der Waals surface area contributed by atoms with Crippen LogP contribution in [0.3, 0.4) is 0 Å². The second-order valence-corrected chi connectivity index (χ2v) is 10.5. The van der Waals surface area contributed by atoms with Crippen molar-refractivity contribution in [1.82, 2.24) is 20.4 Å². The third-order valence-electron chi connectivity index (χ3n) is 8.25. The second-order valence-electron chi connectivity index (χ2n) is 10.5. The summed E-state index contributed by atoms with van der Waals surface area (Å²) in [4.78, 5) is 43.1. The Labute approximate surface area is 216 Å². The molecule has 0 bridgehead atoms. The number of benzene rings is 2. The molecule has 0 unspecified atom stereocenters. The summed E-state index contributed by atoms with van der Waals surface area (Å²) in [5, 5.41) is 9.27. The number of hydrogen-bond acceptors (Lipinski definition) is 5. The van der Waals surface area contributed by atoms with Gasteiger partial charge in [0.25, 0.3) is 0 Å². The summed E-state index contributed by atoms with van der Waals surface area (Å²) in [6, 6.07) is 15.2. The highest BCUT2D eigenvalue weighted by atomic mass is 16.2. The van der Waals surface area contributed by atoms with E-state index in [-0.39, 0.29) is 36.3 Å². The Balaban J connectivity index is 1.19. The molecule has 37 heavy (non-hydrogen) atoms. The van der Waals surface area contributed by atoms with Gasteiger partial charge in [-0.3, -0.25) is 19.3 Å². The molecule has 3 N–H and O–H groups in total. The molecule has 190 valence electrons. The molecule has 3 atom stereocenters. The molecule has 8 nitrogen and oxygen atoms in total. The molecule has 3 heterocycles. The van der Waals surface area contributed by atoms with Gasteiger partial charge in [0.2, 0.25) is 17.7 Å². The predicted octanol–water partition coefficient (Wildman–Crippen LogP) is 2.11. The SMILES string of the molecule is C[C@@H]1C(=O)N(CC(=O)Nc2ccc3c(c2)C[C@@]2(C3)C(=O)NC3=C2C=CCN3)[C@@H](c2ccccc2)CN1C. The number of dihydropyridines is 1. The van der Waals surface area contributed by atoms with E-state index in [1.807, 2.05) is 73.5 Å². The zero-order valence-corrected chi connectivity index (χ0v) is 21.1. The first-order valence-electron chi connectivity index (χ1n) is 12.8. The van der Waals surface area contributed by atoms with Gasteiger partial charge >= 0.3 is 0 Å². The molecule has 6 rings (SSSR count). The highest BCUT2D eigenvalue weighted by Gasteiger charge is 2.51. The lowest BCUT2D eigenvalue weighted by Gasteiger charge is -2.43. The maximum atomic E-state index is 13.2. The second kappa shape index (κ2) is 8.88. The van der Waals surface area contributed by atoms with Gasteiger partial charge in [0.05, 0.1) is 17.5 Å². The van der Waals surface area contributed by atoms with Gasteiger partial charge < -0.3 is 20.9 Å². The van der Waals surface area contributed by atoms with Crippen molar-refractivity contribution in [2.24, 2.45) is 5.41 Å². The van der Waals surface area contributed by atoms with E-state index in [4.69, 9.17) is 0 Å². The molecule has 0 saturated carbocycles. The molecule has 2 aromatic carbocycles. The van der Waals surface area contributed by atoms with Crippen LogP contribution in [0.4, 0.5) is 5.69 Å². The van der Waals surface area contributed by atoms with Gasteiger partial charge in [0, 0.05) is 24.4 Å². The molecule has 2 aromatic rings. The number of piperazine rings is 1. The Morgan fingerprint density at radius 2 is 1.89 bits per heavy atom. The number of carbonyl (C=O) groups excluding carboxylic acids is 3. The van der Waals surface area contributed by atoms with E-state index in [0.717, 1.165) is 28.1 Å². The van der Waals surface area contributed by atoms with Gasteiger partial charge in [0.15, 0.2) is 0 Å². The van der Waals surface area contributed by atoms with Crippen LogP contribution in [0.1, 0.15) is 29.7 Å². The quantitative estimate of drug-likeness (QED) is 0.602. The Morgan fingerprint density at radius 1 is 1.11 bits per heavy atom. The van der Waals surface area contributed by atoms with Crippen molar-refractivity contribution in [3.05, 3.63) is 88.8 Å². The van der Waals surface area contributed by atoms with Gasteiger partial charge in [-0.05, 0) is 55.6 Å². The number of hydrogen-bond donors (Lipinski definition) is 3. The van der Waals surface area contributed by atoms with Gasteiger partial charge in [-0.15, -0.1) is 0 Å². The van der Waals surface area contributed by atoms with Crippen LogP contribution in [0.5, 0.6) is 0 Å². The Hall–Kier alpha value is -3.91. The van der Waals surface area contributed by atoms with Crippen LogP contribution < -0.4 is 16.0 Å². The van der Waals surface area contributed by atoms with Crippen molar-refractivity contribution in [3.63, 3.8) is 0 Å². The fourth-order valence-electron chi connectivity index (χ4n) is 6.10. The van der Waals surface area contributed by atoms with Crippen LogP contribution in [-0.2, 0) is 27.2 Å². The minimum absolute atomic E-state index is 0.0211. The zero-order chi connectivity index (χ0) is 25.7. The molecule has 8 heteroatoms. The van der Waals surface area contributed by atoms with E-state index in [1.165, 1.54) is 0 Å². The van der Waals surface area contributed by atoms with Gasteiger partial charge in [-0.2, -0.15) is 0 Å². The number of allylic oxidation sites excluding steroid dienone is 1. The molecule has 1 saturated heterocycles. The molecule has 1 spiro atoms. The summed E-state index contributed by atoms with van der Waals surface area (Å²) in [5.74, 6) is 0.543. The molecule has 3 aliphatic heterocycles. The first-order chi connectivity index (χ1) is 17.9. The maximum Gasteiger partial charge on any atom is 0.244 e. The summed E-state index contributed by atoms with van der Waals surface area (Å²) >= 11 is 0. The van der Waals surface area contributed by atoms with E-state index in [0.29, 0.717) is 31.6 Å². The third-order valence-corrected chi connectivity index (χ3v) is 8.25. The van der Waals surface area contributed by atoms with Crippen LogP contribution in [-0.4, -0.2) is 60.2 Å². The fraction of sp³-hybridized carbons (Fsp3) is 0.345. The molecule has 3 amide bonds. The van der Waals surface area contributed by atoms with Crippen LogP contribution in [0.25, 0.3) is 0 Å². The number of likely N-dealkylation sites (N-methyl/N-ethyl adjacent to an activating group) is 1. The summed E-state index contributed by atoms with van der Waals surface area (Å²) in [6.07, 6.45) is 5.32. The number of carbonyl (C=O) groups is 3. The van der Waals surface area contributed by atoms with Gasteiger partial charge in [-0.1, -0.05) is 48.6 Å². The van der Waals surface area contributed by atoms with Gasteiger partial charge in [0.1, 0.15) is 12.4 Å². The Bertz CT molecular complexity index is 1350. The summed E-state index contributed by atoms with van der Waals surface area (Å²) < 4.78 is 0. The average Bonchev–Trinajstić information content (AvgIpc) is 3.41. The van der Waals surface area contributed by atoms with Crippen LogP contribution >= 0.6 is 0 Å². The first kappa shape index (κ1) is 23.5. The van der Waals surface area contributed by atoms with Crippen LogP contribution in [0.2, 0.25) is 0 Å². The number of rotatable bonds is 4. The first-order valence-corrected chi connectivity index (χ1v) is 12.8. The number of anilines is 1. The number of fused-ring (bicyclic) bond motifs is 2. The highest BCUT2D eigenvalue weighted by molar-refractivity contribution is 5.96. The molecule has 1 fully saturated rings. The molecular formula is C29H31N5O3. The minimum atomic E-state index is -0.602. The molecule has 1 aliphatic carbocycles. The maximum absolute atomic E-state index is 13.2. The van der Waals surface area contributed by atoms with Crippen molar-refractivity contribution in [3.8, 4) is 0 Å². The number of amides is 3. The van der Waals surface area contributed by atoms with Crippen molar-refractivity contribution >= 4 is 23.4 Å². The normalized spacial score (nSPS) is 26.7. The topological polar surface area (TPSA) is 93.8 Å².